The van der Waals surface area contributed by atoms with E-state index in [0.29, 0.717) is 19.3 Å². The van der Waals surface area contributed by atoms with Gasteiger partial charge < -0.3 is 20.4 Å². The molecule has 0 saturated heterocycles. The van der Waals surface area contributed by atoms with E-state index in [-0.39, 0.29) is 35.7 Å². The summed E-state index contributed by atoms with van der Waals surface area (Å²) in [5.74, 6) is -1.22. The highest BCUT2D eigenvalue weighted by atomic mass is 16.4. The Bertz CT molecular complexity index is 644. The van der Waals surface area contributed by atoms with E-state index in [1.54, 1.807) is 0 Å². The summed E-state index contributed by atoms with van der Waals surface area (Å²) in [5.41, 5.74) is -0.978. The molecule has 2 bridgehead atoms. The maximum Gasteiger partial charge on any atom is 0.336 e. The Morgan fingerprint density at radius 1 is 1.24 bits per heavy atom. The van der Waals surface area contributed by atoms with Crippen molar-refractivity contribution < 1.29 is 25.2 Å². The van der Waals surface area contributed by atoms with Gasteiger partial charge in [-0.15, -0.1) is 0 Å². The van der Waals surface area contributed by atoms with Gasteiger partial charge in [-0.3, -0.25) is 0 Å². The van der Waals surface area contributed by atoms with E-state index >= 15 is 0 Å². The van der Waals surface area contributed by atoms with Crippen LogP contribution in [0.15, 0.2) is 11.6 Å². The molecule has 5 heteroatoms. The van der Waals surface area contributed by atoms with Crippen molar-refractivity contribution in [2.24, 2.45) is 28.1 Å². The summed E-state index contributed by atoms with van der Waals surface area (Å²) in [5, 5.41) is 41.0. The highest BCUT2D eigenvalue weighted by Crippen LogP contribution is 2.73. The second kappa shape index (κ2) is 5.08. The fourth-order valence-corrected chi connectivity index (χ4v) is 7.24. The van der Waals surface area contributed by atoms with Crippen LogP contribution in [0.4, 0.5) is 0 Å². The predicted molar refractivity (Wildman–Crippen MR) is 91.7 cm³/mol. The van der Waals surface area contributed by atoms with Gasteiger partial charge in [0.15, 0.2) is 5.60 Å². The normalized spacial score (nSPS) is 54.4. The van der Waals surface area contributed by atoms with E-state index in [4.69, 9.17) is 0 Å². The molecular formula is C20H30O5. The molecule has 4 aliphatic carbocycles. The molecule has 0 amide bonds. The summed E-state index contributed by atoms with van der Waals surface area (Å²) >= 11 is 0. The SMILES string of the molecule is CC1(CO)C(O)CCC2(C)C1CCC1=CC3CC12CCC3(O)C(=O)O. The van der Waals surface area contributed by atoms with Gasteiger partial charge in [-0.05, 0) is 61.7 Å². The molecule has 0 aromatic heterocycles. The van der Waals surface area contributed by atoms with Gasteiger partial charge in [0.2, 0.25) is 0 Å². The first-order valence-corrected chi connectivity index (χ1v) is 9.60. The van der Waals surface area contributed by atoms with Gasteiger partial charge in [0.1, 0.15) is 0 Å². The van der Waals surface area contributed by atoms with Crippen LogP contribution in [-0.2, 0) is 4.79 Å². The van der Waals surface area contributed by atoms with Gasteiger partial charge in [0.05, 0.1) is 12.7 Å². The van der Waals surface area contributed by atoms with E-state index in [1.807, 2.05) is 6.92 Å². The fraction of sp³-hybridized carbons (Fsp3) is 0.850. The molecule has 0 aliphatic heterocycles. The number of aliphatic carboxylic acids is 1. The van der Waals surface area contributed by atoms with Gasteiger partial charge >= 0.3 is 5.97 Å². The highest BCUT2D eigenvalue weighted by molar-refractivity contribution is 5.78. The minimum absolute atomic E-state index is 0.0218. The fourth-order valence-electron chi connectivity index (χ4n) is 7.24. The lowest BCUT2D eigenvalue weighted by atomic mass is 9.39. The van der Waals surface area contributed by atoms with Crippen molar-refractivity contribution in [2.45, 2.75) is 70.5 Å². The molecular weight excluding hydrogens is 320 g/mol. The number of hydrogen-bond acceptors (Lipinski definition) is 4. The van der Waals surface area contributed by atoms with Gasteiger partial charge in [-0.25, -0.2) is 4.79 Å². The molecule has 25 heavy (non-hydrogen) atoms. The first-order chi connectivity index (χ1) is 11.6. The minimum Gasteiger partial charge on any atom is -0.479 e. The zero-order chi connectivity index (χ0) is 18.3. The number of aliphatic hydroxyl groups excluding tert-OH is 2. The highest BCUT2D eigenvalue weighted by Gasteiger charge is 2.69. The largest absolute Gasteiger partial charge is 0.479 e. The van der Waals surface area contributed by atoms with E-state index in [2.05, 4.69) is 13.0 Å². The molecule has 4 aliphatic rings. The minimum atomic E-state index is -1.64. The van der Waals surface area contributed by atoms with Gasteiger partial charge in [0.25, 0.3) is 0 Å². The van der Waals surface area contributed by atoms with Crippen LogP contribution in [0.25, 0.3) is 0 Å². The van der Waals surface area contributed by atoms with Crippen LogP contribution in [0, 0.1) is 28.1 Å². The molecule has 7 atom stereocenters. The first-order valence-electron chi connectivity index (χ1n) is 9.60. The third-order valence-electron chi connectivity index (χ3n) is 8.90. The van der Waals surface area contributed by atoms with Gasteiger partial charge in [-0.1, -0.05) is 25.5 Å². The molecule has 140 valence electrons. The molecule has 4 rings (SSSR count). The summed E-state index contributed by atoms with van der Waals surface area (Å²) in [6, 6.07) is 0. The Morgan fingerprint density at radius 3 is 2.60 bits per heavy atom. The molecule has 3 fully saturated rings. The molecule has 5 nitrogen and oxygen atoms in total. The number of carboxylic acid groups (broad SMARTS) is 1. The zero-order valence-electron chi connectivity index (χ0n) is 15.2. The maximum absolute atomic E-state index is 11.7. The molecule has 0 heterocycles. The number of fused-ring (bicyclic) bond motifs is 2. The summed E-state index contributed by atoms with van der Waals surface area (Å²) in [4.78, 5) is 11.7. The van der Waals surface area contributed by atoms with Crippen LogP contribution >= 0.6 is 0 Å². The molecule has 0 radical (unpaired) electrons. The number of hydrogen-bond donors (Lipinski definition) is 4. The lowest BCUT2D eigenvalue weighted by Crippen LogP contribution is -2.62. The summed E-state index contributed by atoms with van der Waals surface area (Å²) in [7, 11) is 0. The molecule has 4 N–H and O–H groups in total. The molecule has 7 unspecified atom stereocenters. The number of carboxylic acids is 1. The third-order valence-corrected chi connectivity index (χ3v) is 8.90. The Morgan fingerprint density at radius 2 is 1.96 bits per heavy atom. The van der Waals surface area contributed by atoms with Crippen molar-refractivity contribution in [1.29, 1.82) is 0 Å². The van der Waals surface area contributed by atoms with Crippen molar-refractivity contribution in [3.05, 3.63) is 11.6 Å². The number of rotatable bonds is 2. The van der Waals surface area contributed by atoms with Gasteiger partial charge in [-0.2, -0.15) is 0 Å². The zero-order valence-corrected chi connectivity index (χ0v) is 15.2. The summed E-state index contributed by atoms with van der Waals surface area (Å²) < 4.78 is 0. The number of carbonyl (C=O) groups is 1. The van der Waals surface area contributed by atoms with Crippen LogP contribution in [-0.4, -0.2) is 44.7 Å². The van der Waals surface area contributed by atoms with Crippen molar-refractivity contribution >= 4 is 5.97 Å². The van der Waals surface area contributed by atoms with Crippen molar-refractivity contribution in [2.75, 3.05) is 6.61 Å². The summed E-state index contributed by atoms with van der Waals surface area (Å²) in [6.45, 7) is 4.28. The average Bonchev–Trinajstić information content (AvgIpc) is 2.92. The lowest BCUT2D eigenvalue weighted by Gasteiger charge is -2.65. The Balaban J connectivity index is 1.78. The quantitative estimate of drug-likeness (QED) is 0.572. The van der Waals surface area contributed by atoms with Gasteiger partial charge in [0, 0.05) is 11.3 Å². The number of aliphatic hydroxyl groups is 3. The van der Waals surface area contributed by atoms with Crippen LogP contribution in [0.2, 0.25) is 0 Å². The van der Waals surface area contributed by atoms with E-state index in [0.717, 1.165) is 19.3 Å². The third kappa shape index (κ3) is 1.87. The molecule has 0 aromatic rings. The first kappa shape index (κ1) is 17.5. The maximum atomic E-state index is 11.7. The van der Waals surface area contributed by atoms with Crippen LogP contribution in [0.5, 0.6) is 0 Å². The number of allylic oxidation sites excluding steroid dienone is 1. The molecule has 0 aromatic carbocycles. The second-order valence-corrected chi connectivity index (χ2v) is 9.54. The molecule has 1 spiro atoms. The Kier molecular flexibility index (Phi) is 3.56. The van der Waals surface area contributed by atoms with Crippen LogP contribution in [0.1, 0.15) is 58.8 Å². The van der Waals surface area contributed by atoms with Crippen molar-refractivity contribution in [3.63, 3.8) is 0 Å². The second-order valence-electron chi connectivity index (χ2n) is 9.54. The monoisotopic (exact) mass is 350 g/mol. The Hall–Kier alpha value is -0.910. The lowest BCUT2D eigenvalue weighted by molar-refractivity contribution is -0.197. The van der Waals surface area contributed by atoms with Crippen LogP contribution in [0.3, 0.4) is 0 Å². The molecule has 3 saturated carbocycles. The van der Waals surface area contributed by atoms with E-state index in [9.17, 15) is 25.2 Å². The van der Waals surface area contributed by atoms with E-state index < -0.39 is 23.1 Å². The smallest absolute Gasteiger partial charge is 0.336 e. The van der Waals surface area contributed by atoms with Crippen molar-refractivity contribution in [1.82, 2.24) is 0 Å². The topological polar surface area (TPSA) is 98.0 Å². The standard InChI is InChI=1S/C20H30O5/c1-17(11-21)14-4-3-12-9-13-10-19(12,7-8-20(13,25)16(23)24)18(14,2)6-5-15(17)22/h9,13-15,21-22,25H,3-8,10-11H2,1-2H3,(H,23,24). The van der Waals surface area contributed by atoms with Crippen molar-refractivity contribution in [3.8, 4) is 0 Å². The van der Waals surface area contributed by atoms with E-state index in [1.165, 1.54) is 5.57 Å². The average molecular weight is 350 g/mol. The van der Waals surface area contributed by atoms with Crippen LogP contribution < -0.4 is 0 Å². The summed E-state index contributed by atoms with van der Waals surface area (Å²) in [6.07, 6.45) is 6.59. The Labute approximate surface area is 148 Å². The predicted octanol–water partition coefficient (Wildman–Crippen LogP) is 2.10.